The predicted molar refractivity (Wildman–Crippen MR) is 53.8 cm³/mol. The molecule has 0 bridgehead atoms. The van der Waals surface area contributed by atoms with Crippen molar-refractivity contribution in [2.45, 2.75) is 19.3 Å². The van der Waals surface area contributed by atoms with Gasteiger partial charge in [-0.2, -0.15) is 11.8 Å². The van der Waals surface area contributed by atoms with Gasteiger partial charge in [-0.15, -0.1) is 10.2 Å². The van der Waals surface area contributed by atoms with E-state index in [4.69, 9.17) is 10.2 Å². The van der Waals surface area contributed by atoms with Crippen LogP contribution in [-0.2, 0) is 12.8 Å². The number of aryl methyl sites for hydroxylation is 2. The van der Waals surface area contributed by atoms with Crippen molar-refractivity contribution in [3.63, 3.8) is 0 Å². The Kier molecular flexibility index (Phi) is 4.85. The molecule has 5 heteroatoms. The lowest BCUT2D eigenvalue weighted by molar-refractivity contribution is 0.450. The summed E-state index contributed by atoms with van der Waals surface area (Å²) in [4.78, 5) is 0. The Morgan fingerprint density at radius 1 is 1.31 bits per heavy atom. The molecule has 0 aliphatic rings. The average Bonchev–Trinajstić information content (AvgIpc) is 2.59. The molecule has 74 valence electrons. The van der Waals surface area contributed by atoms with Crippen LogP contribution in [0.2, 0.25) is 0 Å². The number of aromatic nitrogens is 2. The van der Waals surface area contributed by atoms with Crippen molar-refractivity contribution in [3.8, 4) is 0 Å². The molecule has 0 spiro atoms. The maximum Gasteiger partial charge on any atom is 0.217 e. The molecule has 0 radical (unpaired) electrons. The number of thioether (sulfide) groups is 1. The van der Waals surface area contributed by atoms with Gasteiger partial charge < -0.3 is 10.2 Å². The highest BCUT2D eigenvalue weighted by Crippen LogP contribution is 2.05. The van der Waals surface area contributed by atoms with Gasteiger partial charge in [-0.3, -0.25) is 0 Å². The summed E-state index contributed by atoms with van der Waals surface area (Å²) < 4.78 is 5.40. The van der Waals surface area contributed by atoms with Crippen LogP contribution in [0.25, 0.3) is 0 Å². The van der Waals surface area contributed by atoms with Crippen LogP contribution in [0.4, 0.5) is 0 Å². The second kappa shape index (κ2) is 5.99. The van der Waals surface area contributed by atoms with Crippen LogP contribution in [0, 0.1) is 0 Å². The molecule has 0 saturated heterocycles. The molecule has 0 aliphatic carbocycles. The van der Waals surface area contributed by atoms with E-state index in [1.165, 1.54) is 0 Å². The van der Waals surface area contributed by atoms with Crippen molar-refractivity contribution >= 4 is 11.8 Å². The third-order valence-corrected chi connectivity index (χ3v) is 2.24. The molecule has 0 fully saturated rings. The van der Waals surface area contributed by atoms with Crippen LogP contribution in [0.15, 0.2) is 4.42 Å². The molecule has 0 saturated carbocycles. The number of rotatable bonds is 6. The van der Waals surface area contributed by atoms with E-state index in [2.05, 4.69) is 16.5 Å². The molecule has 4 nitrogen and oxygen atoms in total. The fourth-order valence-electron chi connectivity index (χ4n) is 0.933. The molecule has 0 amide bonds. The van der Waals surface area contributed by atoms with E-state index in [1.54, 1.807) is 11.8 Å². The molecule has 0 aromatic carbocycles. The molecule has 1 aromatic rings. The van der Waals surface area contributed by atoms with Gasteiger partial charge in [-0.1, -0.05) is 0 Å². The first-order chi connectivity index (χ1) is 6.36. The minimum atomic E-state index is 0.669. The summed E-state index contributed by atoms with van der Waals surface area (Å²) in [6.07, 6.45) is 4.62. The number of hydrogen-bond donors (Lipinski definition) is 1. The van der Waals surface area contributed by atoms with Gasteiger partial charge in [0.2, 0.25) is 11.8 Å². The fourth-order valence-corrected chi connectivity index (χ4v) is 1.31. The Hall–Kier alpha value is -0.550. The highest BCUT2D eigenvalue weighted by Gasteiger charge is 2.04. The topological polar surface area (TPSA) is 64.9 Å². The van der Waals surface area contributed by atoms with Crippen molar-refractivity contribution in [1.82, 2.24) is 10.2 Å². The lowest BCUT2D eigenvalue weighted by Crippen LogP contribution is -2.00. The molecule has 1 rings (SSSR count). The van der Waals surface area contributed by atoms with Gasteiger partial charge in [0.05, 0.1) is 0 Å². The van der Waals surface area contributed by atoms with Crippen LogP contribution < -0.4 is 5.73 Å². The quantitative estimate of drug-likeness (QED) is 0.739. The average molecular weight is 201 g/mol. The van der Waals surface area contributed by atoms with E-state index in [1.807, 2.05) is 0 Å². The third kappa shape index (κ3) is 3.78. The first-order valence-electron chi connectivity index (χ1n) is 4.37. The summed E-state index contributed by atoms with van der Waals surface area (Å²) in [7, 11) is 0. The van der Waals surface area contributed by atoms with Gasteiger partial charge in [0.1, 0.15) is 0 Å². The number of nitrogens with two attached hydrogens (primary N) is 1. The molecule has 2 N–H and O–H groups in total. The van der Waals surface area contributed by atoms with Crippen LogP contribution in [0.3, 0.4) is 0 Å². The molecular formula is C8H15N3OS. The van der Waals surface area contributed by atoms with Crippen molar-refractivity contribution < 1.29 is 4.42 Å². The molecule has 13 heavy (non-hydrogen) atoms. The Bertz CT molecular complexity index is 217. The summed E-state index contributed by atoms with van der Waals surface area (Å²) in [6.45, 7) is 0.669. The molecule has 0 atom stereocenters. The second-order valence-corrected chi connectivity index (χ2v) is 3.71. The first kappa shape index (κ1) is 10.5. The minimum Gasteiger partial charge on any atom is -0.425 e. The summed E-state index contributed by atoms with van der Waals surface area (Å²) in [5, 5.41) is 7.86. The zero-order valence-corrected chi connectivity index (χ0v) is 8.64. The largest absolute Gasteiger partial charge is 0.425 e. The van der Waals surface area contributed by atoms with Gasteiger partial charge in [0.25, 0.3) is 0 Å². The SMILES string of the molecule is CSCCc1nnc(CCCN)o1. The van der Waals surface area contributed by atoms with Crippen LogP contribution in [0.1, 0.15) is 18.2 Å². The van der Waals surface area contributed by atoms with E-state index >= 15 is 0 Å². The number of hydrogen-bond acceptors (Lipinski definition) is 5. The zero-order chi connectivity index (χ0) is 9.52. The molecule has 1 heterocycles. The summed E-state index contributed by atoms with van der Waals surface area (Å²) in [6, 6.07) is 0. The van der Waals surface area contributed by atoms with E-state index in [0.717, 1.165) is 30.9 Å². The lowest BCUT2D eigenvalue weighted by atomic mass is 10.3. The van der Waals surface area contributed by atoms with E-state index in [9.17, 15) is 0 Å². The Morgan fingerprint density at radius 2 is 2.00 bits per heavy atom. The highest BCUT2D eigenvalue weighted by molar-refractivity contribution is 7.98. The standard InChI is InChI=1S/C8H15N3OS/c1-13-6-4-8-11-10-7(12-8)3-2-5-9/h2-6,9H2,1H3. The monoisotopic (exact) mass is 201 g/mol. The third-order valence-electron chi connectivity index (χ3n) is 1.62. The zero-order valence-electron chi connectivity index (χ0n) is 7.82. The number of nitrogens with zero attached hydrogens (tertiary/aromatic N) is 2. The smallest absolute Gasteiger partial charge is 0.217 e. The minimum absolute atomic E-state index is 0.669. The highest BCUT2D eigenvalue weighted by atomic mass is 32.2. The van der Waals surface area contributed by atoms with Crippen molar-refractivity contribution in [2.24, 2.45) is 5.73 Å². The molecular weight excluding hydrogens is 186 g/mol. The normalized spacial score (nSPS) is 10.6. The van der Waals surface area contributed by atoms with Crippen LogP contribution in [0.5, 0.6) is 0 Å². The summed E-state index contributed by atoms with van der Waals surface area (Å²) in [5.74, 6) is 2.47. The molecule has 1 aromatic heterocycles. The van der Waals surface area contributed by atoms with Crippen molar-refractivity contribution in [2.75, 3.05) is 18.6 Å². The van der Waals surface area contributed by atoms with E-state index in [-0.39, 0.29) is 0 Å². The van der Waals surface area contributed by atoms with E-state index in [0.29, 0.717) is 12.4 Å². The second-order valence-electron chi connectivity index (χ2n) is 2.72. The molecule has 0 aliphatic heterocycles. The van der Waals surface area contributed by atoms with Crippen LogP contribution >= 0.6 is 11.8 Å². The van der Waals surface area contributed by atoms with Gasteiger partial charge in [-0.25, -0.2) is 0 Å². The van der Waals surface area contributed by atoms with Crippen molar-refractivity contribution in [1.29, 1.82) is 0 Å². The summed E-state index contributed by atoms with van der Waals surface area (Å²) in [5.41, 5.74) is 5.37. The van der Waals surface area contributed by atoms with Gasteiger partial charge in [-0.05, 0) is 19.2 Å². The molecule has 0 unspecified atom stereocenters. The maximum absolute atomic E-state index is 5.40. The maximum atomic E-state index is 5.40. The van der Waals surface area contributed by atoms with Gasteiger partial charge in [0, 0.05) is 18.6 Å². The predicted octanol–water partition coefficient (Wildman–Crippen LogP) is 0.866. The van der Waals surface area contributed by atoms with Gasteiger partial charge in [0.15, 0.2) is 0 Å². The Morgan fingerprint density at radius 3 is 2.62 bits per heavy atom. The summed E-state index contributed by atoms with van der Waals surface area (Å²) >= 11 is 1.78. The van der Waals surface area contributed by atoms with Gasteiger partial charge >= 0.3 is 0 Å². The van der Waals surface area contributed by atoms with Crippen molar-refractivity contribution in [3.05, 3.63) is 11.8 Å². The van der Waals surface area contributed by atoms with Crippen LogP contribution in [-0.4, -0.2) is 28.8 Å². The fraction of sp³-hybridized carbons (Fsp3) is 0.750. The first-order valence-corrected chi connectivity index (χ1v) is 5.76. The lowest BCUT2D eigenvalue weighted by Gasteiger charge is -1.91. The Balaban J connectivity index is 2.34. The van der Waals surface area contributed by atoms with E-state index < -0.39 is 0 Å². The Labute approximate surface area is 82.3 Å².